The first-order valence-electron chi connectivity index (χ1n) is 7.17. The minimum absolute atomic E-state index is 0.0266. The Morgan fingerprint density at radius 1 is 1.22 bits per heavy atom. The molecule has 0 spiro atoms. The molecule has 0 unspecified atom stereocenters. The lowest BCUT2D eigenvalue weighted by Crippen LogP contribution is -2.09. The maximum atomic E-state index is 12.6. The van der Waals surface area contributed by atoms with Gasteiger partial charge in [0.2, 0.25) is 5.89 Å². The largest absolute Gasteiger partial charge is 0.466 e. The molecule has 0 aliphatic rings. The van der Waals surface area contributed by atoms with Crippen LogP contribution in [0.25, 0.3) is 11.5 Å². The topological polar surface area (TPSA) is 52.3 Å². The highest BCUT2D eigenvalue weighted by Gasteiger charge is 2.30. The molecule has 0 bridgehead atoms. The van der Waals surface area contributed by atoms with E-state index in [1.807, 2.05) is 6.92 Å². The molecule has 0 atom stereocenters. The van der Waals surface area contributed by atoms with Crippen molar-refractivity contribution in [1.29, 1.82) is 0 Å². The summed E-state index contributed by atoms with van der Waals surface area (Å²) < 4.78 is 48.1. The van der Waals surface area contributed by atoms with Gasteiger partial charge in [0.05, 0.1) is 24.3 Å². The standard InChI is InChI=1S/C16H16F3NO3/c1-3-13-12(9-14(21)22-4-2)20-15(23-13)10-5-7-11(8-6-10)16(17,18)19/h5-8H,3-4,9H2,1-2H3. The van der Waals surface area contributed by atoms with Gasteiger partial charge in [0.25, 0.3) is 0 Å². The monoisotopic (exact) mass is 327 g/mol. The lowest BCUT2D eigenvalue weighted by atomic mass is 10.1. The van der Waals surface area contributed by atoms with E-state index in [0.717, 1.165) is 12.1 Å². The number of rotatable bonds is 5. The Hall–Kier alpha value is -2.31. The summed E-state index contributed by atoms with van der Waals surface area (Å²) in [6.45, 7) is 3.81. The summed E-state index contributed by atoms with van der Waals surface area (Å²) in [5.74, 6) is 0.289. The Bertz CT molecular complexity index is 675. The number of hydrogen-bond donors (Lipinski definition) is 0. The minimum atomic E-state index is -4.39. The van der Waals surface area contributed by atoms with Gasteiger partial charge in [-0.1, -0.05) is 6.92 Å². The number of ether oxygens (including phenoxy) is 1. The van der Waals surface area contributed by atoms with Gasteiger partial charge in [-0.15, -0.1) is 0 Å². The number of carbonyl (C=O) groups is 1. The number of halogens is 3. The maximum absolute atomic E-state index is 12.6. The molecule has 0 aliphatic carbocycles. The van der Waals surface area contributed by atoms with E-state index in [1.54, 1.807) is 6.92 Å². The molecule has 1 aromatic heterocycles. The van der Waals surface area contributed by atoms with Crippen molar-refractivity contribution in [2.24, 2.45) is 0 Å². The summed E-state index contributed by atoms with van der Waals surface area (Å²) in [7, 11) is 0. The van der Waals surface area contributed by atoms with E-state index in [-0.39, 0.29) is 18.9 Å². The number of aryl methyl sites for hydroxylation is 1. The Kier molecular flexibility index (Phi) is 5.08. The van der Waals surface area contributed by atoms with Gasteiger partial charge in [0.1, 0.15) is 5.76 Å². The molecule has 7 heteroatoms. The molecule has 1 heterocycles. The Morgan fingerprint density at radius 2 is 1.87 bits per heavy atom. The van der Waals surface area contributed by atoms with Crippen LogP contribution in [-0.2, 0) is 28.5 Å². The smallest absolute Gasteiger partial charge is 0.416 e. The SMILES string of the molecule is CCOC(=O)Cc1nc(-c2ccc(C(F)(F)F)cc2)oc1CC. The van der Waals surface area contributed by atoms with Crippen LogP contribution in [0, 0.1) is 0 Å². The Morgan fingerprint density at radius 3 is 2.39 bits per heavy atom. The summed E-state index contributed by atoms with van der Waals surface area (Å²) in [6.07, 6.45) is -3.90. The first-order valence-corrected chi connectivity index (χ1v) is 7.17. The average molecular weight is 327 g/mol. The van der Waals surface area contributed by atoms with Crippen molar-refractivity contribution in [3.8, 4) is 11.5 Å². The van der Waals surface area contributed by atoms with Gasteiger partial charge in [0, 0.05) is 12.0 Å². The number of alkyl halides is 3. The third-order valence-corrected chi connectivity index (χ3v) is 3.18. The zero-order valence-electron chi connectivity index (χ0n) is 12.7. The molecule has 4 nitrogen and oxygen atoms in total. The van der Waals surface area contributed by atoms with Crippen molar-refractivity contribution >= 4 is 5.97 Å². The van der Waals surface area contributed by atoms with Crippen LogP contribution in [0.3, 0.4) is 0 Å². The predicted octanol–water partition coefficient (Wildman–Crippen LogP) is 4.03. The van der Waals surface area contributed by atoms with Crippen molar-refractivity contribution in [1.82, 2.24) is 4.98 Å². The van der Waals surface area contributed by atoms with E-state index in [0.29, 0.717) is 23.4 Å². The normalized spacial score (nSPS) is 11.5. The van der Waals surface area contributed by atoms with E-state index < -0.39 is 17.7 Å². The molecular formula is C16H16F3NO3. The first-order chi connectivity index (χ1) is 10.8. The van der Waals surface area contributed by atoms with Crippen LogP contribution in [0.15, 0.2) is 28.7 Å². The van der Waals surface area contributed by atoms with Gasteiger partial charge < -0.3 is 9.15 Å². The number of oxazole rings is 1. The van der Waals surface area contributed by atoms with Crippen LogP contribution >= 0.6 is 0 Å². The molecule has 0 saturated carbocycles. The fraction of sp³-hybridized carbons (Fsp3) is 0.375. The average Bonchev–Trinajstić information content (AvgIpc) is 2.89. The summed E-state index contributed by atoms with van der Waals surface area (Å²) in [6, 6.07) is 4.52. The zero-order valence-corrected chi connectivity index (χ0v) is 12.7. The van der Waals surface area contributed by atoms with Crippen LogP contribution in [-0.4, -0.2) is 17.6 Å². The second-order valence-corrected chi connectivity index (χ2v) is 4.80. The third kappa shape index (κ3) is 4.12. The fourth-order valence-electron chi connectivity index (χ4n) is 2.07. The predicted molar refractivity (Wildman–Crippen MR) is 76.7 cm³/mol. The summed E-state index contributed by atoms with van der Waals surface area (Å²) in [4.78, 5) is 15.8. The number of carbonyl (C=O) groups excluding carboxylic acids is 1. The fourth-order valence-corrected chi connectivity index (χ4v) is 2.07. The molecule has 0 amide bonds. The second kappa shape index (κ2) is 6.85. The number of hydrogen-bond acceptors (Lipinski definition) is 4. The highest BCUT2D eigenvalue weighted by atomic mass is 19.4. The number of aromatic nitrogens is 1. The highest BCUT2D eigenvalue weighted by molar-refractivity contribution is 5.72. The van der Waals surface area contributed by atoms with E-state index in [9.17, 15) is 18.0 Å². The minimum Gasteiger partial charge on any atom is -0.466 e. The summed E-state index contributed by atoms with van der Waals surface area (Å²) in [5.41, 5.74) is 0.124. The van der Waals surface area contributed by atoms with E-state index >= 15 is 0 Å². The number of benzene rings is 1. The Labute approximate surface area is 131 Å². The van der Waals surface area contributed by atoms with Crippen molar-refractivity contribution in [3.05, 3.63) is 41.3 Å². The second-order valence-electron chi connectivity index (χ2n) is 4.80. The van der Waals surface area contributed by atoms with E-state index in [2.05, 4.69) is 4.98 Å². The summed E-state index contributed by atoms with van der Waals surface area (Å²) in [5, 5.41) is 0. The lowest BCUT2D eigenvalue weighted by molar-refractivity contribution is -0.142. The molecule has 0 saturated heterocycles. The van der Waals surface area contributed by atoms with Crippen molar-refractivity contribution < 1.29 is 27.1 Å². The third-order valence-electron chi connectivity index (χ3n) is 3.18. The molecule has 0 N–H and O–H groups in total. The molecule has 124 valence electrons. The zero-order chi connectivity index (χ0) is 17.0. The van der Waals surface area contributed by atoms with Gasteiger partial charge in [-0.05, 0) is 31.2 Å². The van der Waals surface area contributed by atoms with Gasteiger partial charge in [0.15, 0.2) is 0 Å². The van der Waals surface area contributed by atoms with E-state index in [4.69, 9.17) is 9.15 Å². The van der Waals surface area contributed by atoms with E-state index in [1.165, 1.54) is 12.1 Å². The van der Waals surface area contributed by atoms with Crippen LogP contribution in [0.5, 0.6) is 0 Å². The lowest BCUT2D eigenvalue weighted by Gasteiger charge is -2.06. The first kappa shape index (κ1) is 17.1. The van der Waals surface area contributed by atoms with Crippen LogP contribution in [0.1, 0.15) is 30.9 Å². The van der Waals surface area contributed by atoms with Gasteiger partial charge in [-0.2, -0.15) is 13.2 Å². The molecule has 1 aromatic carbocycles. The van der Waals surface area contributed by atoms with Crippen LogP contribution in [0.2, 0.25) is 0 Å². The summed E-state index contributed by atoms with van der Waals surface area (Å²) >= 11 is 0. The van der Waals surface area contributed by atoms with Crippen molar-refractivity contribution in [2.45, 2.75) is 32.9 Å². The highest BCUT2D eigenvalue weighted by Crippen LogP contribution is 2.31. The van der Waals surface area contributed by atoms with Crippen molar-refractivity contribution in [2.75, 3.05) is 6.61 Å². The molecule has 2 aromatic rings. The molecule has 0 radical (unpaired) electrons. The molecule has 23 heavy (non-hydrogen) atoms. The molecule has 0 fully saturated rings. The number of nitrogens with zero attached hydrogens (tertiary/aromatic N) is 1. The van der Waals surface area contributed by atoms with Crippen LogP contribution < -0.4 is 0 Å². The number of esters is 1. The maximum Gasteiger partial charge on any atom is 0.416 e. The van der Waals surface area contributed by atoms with Crippen molar-refractivity contribution in [3.63, 3.8) is 0 Å². The van der Waals surface area contributed by atoms with Crippen LogP contribution in [0.4, 0.5) is 13.2 Å². The Balaban J connectivity index is 2.26. The van der Waals surface area contributed by atoms with Gasteiger partial charge >= 0.3 is 12.1 Å². The molecule has 0 aliphatic heterocycles. The van der Waals surface area contributed by atoms with Gasteiger partial charge in [-0.25, -0.2) is 4.98 Å². The quantitative estimate of drug-likeness (QED) is 0.778. The molecular weight excluding hydrogens is 311 g/mol. The van der Waals surface area contributed by atoms with Gasteiger partial charge in [-0.3, -0.25) is 4.79 Å². The molecule has 2 rings (SSSR count).